The summed E-state index contributed by atoms with van der Waals surface area (Å²) in [6.45, 7) is 3.15. The summed E-state index contributed by atoms with van der Waals surface area (Å²) < 4.78 is 14.8. The molecule has 7 heteroatoms. The highest BCUT2D eigenvalue weighted by molar-refractivity contribution is 5.79. The van der Waals surface area contributed by atoms with Crippen LogP contribution >= 0.6 is 0 Å². The number of benzene rings is 1. The molecule has 0 radical (unpaired) electrons. The van der Waals surface area contributed by atoms with E-state index in [0.717, 1.165) is 36.3 Å². The molecular formula is C21H29FN6. The third-order valence-corrected chi connectivity index (χ3v) is 5.57. The molecule has 2 aromatic rings. The predicted octanol–water partition coefficient (Wildman–Crippen LogP) is 2.35. The molecular weight excluding hydrogens is 355 g/mol. The molecule has 0 spiro atoms. The Morgan fingerprint density at radius 1 is 1.14 bits per heavy atom. The molecule has 0 amide bonds. The first-order chi connectivity index (χ1) is 13.7. The van der Waals surface area contributed by atoms with Crippen LogP contribution in [0, 0.1) is 5.82 Å². The maximum Gasteiger partial charge on any atom is 0.191 e. The van der Waals surface area contributed by atoms with Gasteiger partial charge in [0.25, 0.3) is 0 Å². The zero-order valence-corrected chi connectivity index (χ0v) is 16.4. The van der Waals surface area contributed by atoms with Crippen LogP contribution in [0.15, 0.2) is 41.5 Å². The number of aromatic nitrogens is 2. The fraction of sp³-hybridized carbons (Fsp3) is 0.524. The normalized spacial score (nSPS) is 19.0. The van der Waals surface area contributed by atoms with E-state index in [9.17, 15) is 4.39 Å². The van der Waals surface area contributed by atoms with Crippen LogP contribution in [-0.2, 0) is 6.42 Å². The molecule has 2 fully saturated rings. The maximum atomic E-state index is 13.1. The number of rotatable bonds is 6. The molecule has 0 atom stereocenters. The van der Waals surface area contributed by atoms with E-state index >= 15 is 0 Å². The zero-order valence-electron chi connectivity index (χ0n) is 16.4. The SMILES string of the molecule is CN=C(NCCc1ccn(-c2ccc(F)cc2)n1)NC1CCN(C2CC2)CC1. The monoisotopic (exact) mass is 384 g/mol. The molecule has 2 aliphatic rings. The lowest BCUT2D eigenvalue weighted by molar-refractivity contribution is 0.197. The molecule has 1 aliphatic heterocycles. The minimum atomic E-state index is -0.238. The van der Waals surface area contributed by atoms with Gasteiger partial charge in [-0.2, -0.15) is 5.10 Å². The van der Waals surface area contributed by atoms with Crippen LogP contribution < -0.4 is 10.6 Å². The fourth-order valence-corrected chi connectivity index (χ4v) is 3.78. The predicted molar refractivity (Wildman–Crippen MR) is 109 cm³/mol. The van der Waals surface area contributed by atoms with Crippen molar-refractivity contribution in [3.63, 3.8) is 0 Å². The van der Waals surface area contributed by atoms with E-state index in [1.165, 1.54) is 50.9 Å². The molecule has 0 unspecified atom stereocenters. The lowest BCUT2D eigenvalue weighted by Gasteiger charge is -2.33. The fourth-order valence-electron chi connectivity index (χ4n) is 3.78. The Morgan fingerprint density at radius 3 is 2.57 bits per heavy atom. The summed E-state index contributed by atoms with van der Waals surface area (Å²) in [5.41, 5.74) is 1.85. The van der Waals surface area contributed by atoms with Gasteiger partial charge in [-0.15, -0.1) is 0 Å². The molecule has 1 aliphatic carbocycles. The number of hydrogen-bond acceptors (Lipinski definition) is 3. The summed E-state index contributed by atoms with van der Waals surface area (Å²) >= 11 is 0. The van der Waals surface area contributed by atoms with Crippen LogP contribution in [0.4, 0.5) is 4.39 Å². The number of likely N-dealkylation sites (tertiary alicyclic amines) is 1. The summed E-state index contributed by atoms with van der Waals surface area (Å²) in [4.78, 5) is 6.99. The van der Waals surface area contributed by atoms with Gasteiger partial charge in [0.2, 0.25) is 0 Å². The van der Waals surface area contributed by atoms with Gasteiger partial charge < -0.3 is 15.5 Å². The van der Waals surface area contributed by atoms with Crippen LogP contribution in [-0.4, -0.2) is 59.4 Å². The molecule has 1 aromatic heterocycles. The smallest absolute Gasteiger partial charge is 0.191 e. The Hall–Kier alpha value is -2.41. The molecule has 2 heterocycles. The third-order valence-electron chi connectivity index (χ3n) is 5.57. The third kappa shape index (κ3) is 4.90. The highest BCUT2D eigenvalue weighted by Gasteiger charge is 2.31. The Balaban J connectivity index is 1.21. The zero-order chi connectivity index (χ0) is 19.3. The first-order valence-electron chi connectivity index (χ1n) is 10.2. The van der Waals surface area contributed by atoms with E-state index in [1.54, 1.807) is 16.8 Å². The van der Waals surface area contributed by atoms with Gasteiger partial charge in [-0.05, 0) is 56.0 Å². The van der Waals surface area contributed by atoms with Crippen molar-refractivity contribution in [1.82, 2.24) is 25.3 Å². The van der Waals surface area contributed by atoms with E-state index < -0.39 is 0 Å². The van der Waals surface area contributed by atoms with Crippen molar-refractivity contribution in [1.29, 1.82) is 0 Å². The van der Waals surface area contributed by atoms with Gasteiger partial charge in [-0.25, -0.2) is 9.07 Å². The molecule has 1 aromatic carbocycles. The Labute approximate surface area is 165 Å². The number of guanidine groups is 1. The number of piperidine rings is 1. The van der Waals surface area contributed by atoms with Gasteiger partial charge in [0.15, 0.2) is 5.96 Å². The molecule has 0 bridgehead atoms. The number of nitrogens with zero attached hydrogens (tertiary/aromatic N) is 4. The Bertz CT molecular complexity index is 787. The highest BCUT2D eigenvalue weighted by atomic mass is 19.1. The highest BCUT2D eigenvalue weighted by Crippen LogP contribution is 2.29. The molecule has 28 heavy (non-hydrogen) atoms. The lowest BCUT2D eigenvalue weighted by atomic mass is 10.1. The summed E-state index contributed by atoms with van der Waals surface area (Å²) in [6, 6.07) is 9.71. The molecule has 2 N–H and O–H groups in total. The van der Waals surface area contributed by atoms with Gasteiger partial charge in [0.05, 0.1) is 11.4 Å². The van der Waals surface area contributed by atoms with Crippen LogP contribution in [0.3, 0.4) is 0 Å². The van der Waals surface area contributed by atoms with E-state index in [0.29, 0.717) is 6.04 Å². The standard InChI is InChI=1S/C21H29FN6/c1-23-21(25-17-9-13-27(14-10-17)19-6-7-19)24-12-8-18-11-15-28(26-18)20-4-2-16(22)3-5-20/h2-5,11,15,17,19H,6-10,12-14H2,1H3,(H2,23,24,25). The Morgan fingerprint density at radius 2 is 1.89 bits per heavy atom. The summed E-state index contributed by atoms with van der Waals surface area (Å²) in [6.07, 6.45) is 7.84. The van der Waals surface area contributed by atoms with Gasteiger partial charge in [-0.3, -0.25) is 4.99 Å². The van der Waals surface area contributed by atoms with Crippen molar-refractivity contribution < 1.29 is 4.39 Å². The topological polar surface area (TPSA) is 57.5 Å². The average Bonchev–Trinajstić information content (AvgIpc) is 3.47. The van der Waals surface area contributed by atoms with Gasteiger partial charge in [0.1, 0.15) is 5.82 Å². The van der Waals surface area contributed by atoms with E-state index in [1.807, 2.05) is 19.3 Å². The van der Waals surface area contributed by atoms with Gasteiger partial charge >= 0.3 is 0 Å². The van der Waals surface area contributed by atoms with Crippen molar-refractivity contribution in [2.45, 2.75) is 44.2 Å². The van der Waals surface area contributed by atoms with Crippen LogP contribution in [0.25, 0.3) is 5.69 Å². The molecule has 1 saturated carbocycles. The van der Waals surface area contributed by atoms with Crippen LogP contribution in [0.5, 0.6) is 0 Å². The van der Waals surface area contributed by atoms with Crippen molar-refractivity contribution in [3.8, 4) is 5.69 Å². The second-order valence-corrected chi connectivity index (χ2v) is 7.66. The first kappa shape index (κ1) is 18.9. The van der Waals surface area contributed by atoms with E-state index in [4.69, 9.17) is 0 Å². The van der Waals surface area contributed by atoms with Gasteiger partial charge in [-0.1, -0.05) is 0 Å². The van der Waals surface area contributed by atoms with Crippen molar-refractivity contribution in [3.05, 3.63) is 48.0 Å². The number of nitrogens with one attached hydrogen (secondary N) is 2. The van der Waals surface area contributed by atoms with Gasteiger partial charge in [0, 0.05) is 51.4 Å². The van der Waals surface area contributed by atoms with Crippen molar-refractivity contribution in [2.24, 2.45) is 4.99 Å². The van der Waals surface area contributed by atoms with Crippen molar-refractivity contribution in [2.75, 3.05) is 26.7 Å². The van der Waals surface area contributed by atoms with Crippen molar-refractivity contribution >= 4 is 5.96 Å². The van der Waals surface area contributed by atoms with E-state index in [2.05, 4.69) is 25.6 Å². The lowest BCUT2D eigenvalue weighted by Crippen LogP contribution is -2.49. The molecule has 150 valence electrons. The summed E-state index contributed by atoms with van der Waals surface area (Å²) in [5, 5.41) is 11.5. The maximum absolute atomic E-state index is 13.1. The first-order valence-corrected chi connectivity index (χ1v) is 10.2. The molecule has 6 nitrogen and oxygen atoms in total. The molecule has 4 rings (SSSR count). The molecule has 1 saturated heterocycles. The second kappa shape index (κ2) is 8.73. The second-order valence-electron chi connectivity index (χ2n) is 7.66. The summed E-state index contributed by atoms with van der Waals surface area (Å²) in [5.74, 6) is 0.625. The largest absolute Gasteiger partial charge is 0.356 e. The van der Waals surface area contributed by atoms with Crippen LogP contribution in [0.2, 0.25) is 0 Å². The van der Waals surface area contributed by atoms with Crippen LogP contribution in [0.1, 0.15) is 31.4 Å². The Kier molecular flexibility index (Phi) is 5.90. The minimum absolute atomic E-state index is 0.238. The number of hydrogen-bond donors (Lipinski definition) is 2. The number of halogens is 1. The minimum Gasteiger partial charge on any atom is -0.356 e. The number of aliphatic imine (C=N–C) groups is 1. The quantitative estimate of drug-likeness (QED) is 0.593. The average molecular weight is 385 g/mol. The summed E-state index contributed by atoms with van der Waals surface area (Å²) in [7, 11) is 1.82. The van der Waals surface area contributed by atoms with E-state index in [-0.39, 0.29) is 5.82 Å².